The maximum atomic E-state index is 2.28. The Morgan fingerprint density at radius 2 is 1.27 bits per heavy atom. The maximum absolute atomic E-state index is 2.28. The molecule has 5 rings (SSSR count). The Labute approximate surface area is 174 Å². The summed E-state index contributed by atoms with van der Waals surface area (Å²) in [6.07, 6.45) is 1.02. The van der Waals surface area contributed by atoms with Crippen molar-refractivity contribution in [3.05, 3.63) is 120 Å². The minimum absolute atomic E-state index is 0. The number of fused-ring (bicyclic) bond motifs is 2. The monoisotopic (exact) mass is 410 g/mol. The Hall–Kier alpha value is -2.24. The quantitative estimate of drug-likeness (QED) is 0.283. The third kappa shape index (κ3) is 4.48. The normalized spacial score (nSPS) is 10.2. The van der Waals surface area contributed by atoms with Gasteiger partial charge in [0.15, 0.2) is 0 Å². The molecule has 0 aliphatic heterocycles. The van der Waals surface area contributed by atoms with E-state index in [2.05, 4.69) is 109 Å². The number of hydrogen-bond donors (Lipinski definition) is 0. The molecule has 0 fully saturated rings. The van der Waals surface area contributed by atoms with Gasteiger partial charge < -0.3 is 0 Å². The molecule has 0 bridgehead atoms. The van der Waals surface area contributed by atoms with E-state index in [1.54, 1.807) is 0 Å². The van der Waals surface area contributed by atoms with Crippen LogP contribution < -0.4 is 0 Å². The van der Waals surface area contributed by atoms with Gasteiger partial charge in [0.25, 0.3) is 0 Å². The van der Waals surface area contributed by atoms with Crippen molar-refractivity contribution < 1.29 is 26.2 Å². The van der Waals surface area contributed by atoms with E-state index in [-0.39, 0.29) is 26.2 Å². The van der Waals surface area contributed by atoms with E-state index in [1.807, 2.05) is 0 Å². The molecule has 0 amide bonds. The largest absolute Gasteiger partial charge is 2.00 e. The Bertz CT molecular complexity index is 1000. The van der Waals surface area contributed by atoms with Gasteiger partial charge in [-0.15, -0.1) is 70.3 Å². The average Bonchev–Trinajstić information content (AvgIpc) is 3.29. The summed E-state index contributed by atoms with van der Waals surface area (Å²) in [6.45, 7) is 0. The molecule has 5 aromatic carbocycles. The van der Waals surface area contributed by atoms with Gasteiger partial charge >= 0.3 is 26.2 Å². The minimum Gasteiger partial charge on any atom is -0.168 e. The Kier molecular flexibility index (Phi) is 6.37. The van der Waals surface area contributed by atoms with Gasteiger partial charge in [-0.25, -0.2) is 0 Å². The first-order valence-electron chi connectivity index (χ1n) is 8.67. The van der Waals surface area contributed by atoms with Crippen molar-refractivity contribution >= 4 is 21.5 Å². The van der Waals surface area contributed by atoms with Gasteiger partial charge in [0, 0.05) is 0 Å². The van der Waals surface area contributed by atoms with Crippen LogP contribution in [0, 0.1) is 0 Å². The zero-order chi connectivity index (χ0) is 16.9. The standard InChI is InChI=1S/C16H13.C9H7.Zr/c1-2-6-13(7-3-1)10-14-11-15-8-4-5-9-16(15)12-14;1-2-5-9-7-3-6-8(9)4-1;/h1-9,11-12H,10H2;1-7H;/q2*-1;+2. The Morgan fingerprint density at radius 3 is 2.00 bits per heavy atom. The van der Waals surface area contributed by atoms with E-state index in [4.69, 9.17) is 0 Å². The van der Waals surface area contributed by atoms with E-state index >= 15 is 0 Å². The van der Waals surface area contributed by atoms with Crippen LogP contribution in [0.2, 0.25) is 0 Å². The molecule has 0 nitrogen and oxygen atoms in total. The predicted octanol–water partition coefficient (Wildman–Crippen LogP) is 6.71. The van der Waals surface area contributed by atoms with E-state index < -0.39 is 0 Å². The summed E-state index contributed by atoms with van der Waals surface area (Å²) < 4.78 is 0. The van der Waals surface area contributed by atoms with Gasteiger partial charge in [0.05, 0.1) is 0 Å². The molecule has 0 saturated carbocycles. The van der Waals surface area contributed by atoms with Crippen molar-refractivity contribution in [3.8, 4) is 0 Å². The molecule has 0 aliphatic rings. The zero-order valence-electron chi connectivity index (χ0n) is 14.6. The van der Waals surface area contributed by atoms with E-state index in [1.165, 1.54) is 32.7 Å². The van der Waals surface area contributed by atoms with Crippen LogP contribution in [0.5, 0.6) is 0 Å². The average molecular weight is 412 g/mol. The molecule has 0 aromatic heterocycles. The van der Waals surface area contributed by atoms with Gasteiger partial charge in [-0.3, -0.25) is 0 Å². The minimum atomic E-state index is 0. The van der Waals surface area contributed by atoms with Crippen LogP contribution in [0.4, 0.5) is 0 Å². The van der Waals surface area contributed by atoms with Crippen LogP contribution in [-0.2, 0) is 32.6 Å². The fraction of sp³-hybridized carbons (Fsp3) is 0.0400. The second-order valence-corrected chi connectivity index (χ2v) is 6.31. The molecule has 124 valence electrons. The third-order valence-electron chi connectivity index (χ3n) is 4.48. The topological polar surface area (TPSA) is 0 Å². The second-order valence-electron chi connectivity index (χ2n) is 6.31. The molecule has 0 heterocycles. The molecule has 0 atom stereocenters. The first kappa shape index (κ1) is 18.6. The second kappa shape index (κ2) is 8.92. The zero-order valence-corrected chi connectivity index (χ0v) is 17.1. The van der Waals surface area contributed by atoms with Gasteiger partial charge in [0.1, 0.15) is 0 Å². The van der Waals surface area contributed by atoms with Crippen molar-refractivity contribution in [2.75, 3.05) is 0 Å². The molecular formula is C25H20Zr. The molecular weight excluding hydrogens is 391 g/mol. The third-order valence-corrected chi connectivity index (χ3v) is 4.48. The molecule has 26 heavy (non-hydrogen) atoms. The summed E-state index contributed by atoms with van der Waals surface area (Å²) >= 11 is 0. The maximum Gasteiger partial charge on any atom is 2.00 e. The van der Waals surface area contributed by atoms with Gasteiger partial charge in [-0.2, -0.15) is 23.6 Å². The van der Waals surface area contributed by atoms with Crippen molar-refractivity contribution in [1.29, 1.82) is 0 Å². The first-order chi connectivity index (χ1) is 12.4. The summed E-state index contributed by atoms with van der Waals surface area (Å²) in [6, 6.07) is 38.4. The van der Waals surface area contributed by atoms with Crippen molar-refractivity contribution in [1.82, 2.24) is 0 Å². The van der Waals surface area contributed by atoms with Crippen LogP contribution in [0.1, 0.15) is 11.1 Å². The van der Waals surface area contributed by atoms with Crippen LogP contribution in [0.15, 0.2) is 109 Å². The van der Waals surface area contributed by atoms with Gasteiger partial charge in [-0.1, -0.05) is 42.5 Å². The molecule has 1 heteroatoms. The van der Waals surface area contributed by atoms with E-state index in [0.717, 1.165) is 6.42 Å². The van der Waals surface area contributed by atoms with Crippen LogP contribution in [0.25, 0.3) is 21.5 Å². The number of benzene rings is 3. The van der Waals surface area contributed by atoms with Gasteiger partial charge in [0.2, 0.25) is 0 Å². The number of hydrogen-bond acceptors (Lipinski definition) is 0. The smallest absolute Gasteiger partial charge is 0.168 e. The summed E-state index contributed by atoms with van der Waals surface area (Å²) in [5.74, 6) is 0. The molecule has 0 aliphatic carbocycles. The van der Waals surface area contributed by atoms with Crippen LogP contribution in [0.3, 0.4) is 0 Å². The SMILES string of the molecule is [Zr+2].c1ccc(Cc2cc3ccccc3[cH-]2)cc1.c1ccc2[cH-]ccc2c1. The van der Waals surface area contributed by atoms with Gasteiger partial charge in [-0.05, 0) is 12.0 Å². The summed E-state index contributed by atoms with van der Waals surface area (Å²) in [4.78, 5) is 0. The van der Waals surface area contributed by atoms with Crippen molar-refractivity contribution in [2.45, 2.75) is 6.42 Å². The molecule has 0 N–H and O–H groups in total. The molecule has 5 aromatic rings. The van der Waals surface area contributed by atoms with Crippen LogP contribution in [-0.4, -0.2) is 0 Å². The summed E-state index contributed by atoms with van der Waals surface area (Å²) in [5.41, 5.74) is 2.77. The fourth-order valence-corrected chi connectivity index (χ4v) is 3.22. The fourth-order valence-electron chi connectivity index (χ4n) is 3.22. The summed E-state index contributed by atoms with van der Waals surface area (Å²) in [7, 11) is 0. The molecule has 0 spiro atoms. The van der Waals surface area contributed by atoms with E-state index in [9.17, 15) is 0 Å². The number of rotatable bonds is 2. The van der Waals surface area contributed by atoms with Crippen LogP contribution >= 0.6 is 0 Å². The first-order valence-corrected chi connectivity index (χ1v) is 8.67. The molecule has 0 unspecified atom stereocenters. The molecule has 0 radical (unpaired) electrons. The molecule has 0 saturated heterocycles. The Morgan fingerprint density at radius 1 is 0.615 bits per heavy atom. The van der Waals surface area contributed by atoms with Crippen molar-refractivity contribution in [2.24, 2.45) is 0 Å². The Balaban J connectivity index is 0.000000167. The van der Waals surface area contributed by atoms with E-state index in [0.29, 0.717) is 0 Å². The summed E-state index contributed by atoms with van der Waals surface area (Å²) in [5, 5.41) is 5.34. The predicted molar refractivity (Wildman–Crippen MR) is 108 cm³/mol. The van der Waals surface area contributed by atoms with Crippen molar-refractivity contribution in [3.63, 3.8) is 0 Å².